The highest BCUT2D eigenvalue weighted by atomic mass is 35.5. The van der Waals surface area contributed by atoms with Crippen molar-refractivity contribution in [2.75, 3.05) is 38.2 Å². The van der Waals surface area contributed by atoms with Crippen molar-refractivity contribution in [3.05, 3.63) is 81.6 Å². The lowest BCUT2D eigenvalue weighted by Gasteiger charge is -2.35. The molecule has 0 saturated carbocycles. The number of methoxy groups -OCH3 is 1. The van der Waals surface area contributed by atoms with Crippen molar-refractivity contribution in [2.24, 2.45) is 0 Å². The fraction of sp³-hybridized carbons (Fsp3) is 0.227. The number of hydrogen-bond donors (Lipinski definition) is 0. The fourth-order valence-electron chi connectivity index (χ4n) is 3.49. The number of carbonyl (C=O) groups is 1. The summed E-state index contributed by atoms with van der Waals surface area (Å²) in [7, 11) is 1.56. The molecule has 2 aromatic carbocycles. The zero-order valence-corrected chi connectivity index (χ0v) is 17.2. The van der Waals surface area contributed by atoms with E-state index in [1.54, 1.807) is 54.5 Å². The van der Waals surface area contributed by atoms with Crippen LogP contribution in [0.25, 0.3) is 5.69 Å². The van der Waals surface area contributed by atoms with E-state index in [2.05, 4.69) is 10.00 Å². The van der Waals surface area contributed by atoms with Crippen molar-refractivity contribution in [1.29, 1.82) is 0 Å². The zero-order chi connectivity index (χ0) is 21.1. The highest BCUT2D eigenvalue weighted by Gasteiger charge is 2.25. The normalized spacial score (nSPS) is 13.9. The van der Waals surface area contributed by atoms with Crippen molar-refractivity contribution >= 4 is 23.3 Å². The van der Waals surface area contributed by atoms with Crippen LogP contribution in [0, 0.1) is 0 Å². The molecule has 0 bridgehead atoms. The Balaban J connectivity index is 1.50. The van der Waals surface area contributed by atoms with E-state index in [1.165, 1.54) is 10.7 Å². The maximum Gasteiger partial charge on any atom is 0.271 e. The summed E-state index contributed by atoms with van der Waals surface area (Å²) >= 11 is 6.05. The Labute approximate surface area is 179 Å². The van der Waals surface area contributed by atoms with Crippen molar-refractivity contribution in [2.45, 2.75) is 0 Å². The molecule has 8 heteroatoms. The maximum absolute atomic E-state index is 12.9. The number of carbonyl (C=O) groups excluding carboxylic acids is 1. The first-order chi connectivity index (χ1) is 14.6. The molecule has 7 nitrogen and oxygen atoms in total. The minimum atomic E-state index is -0.231. The van der Waals surface area contributed by atoms with Crippen LogP contribution in [0.15, 0.2) is 65.5 Å². The van der Waals surface area contributed by atoms with Crippen LogP contribution in [0.2, 0.25) is 5.02 Å². The van der Waals surface area contributed by atoms with Gasteiger partial charge in [-0.25, -0.2) is 0 Å². The average Bonchev–Trinajstić information content (AvgIpc) is 2.79. The number of rotatable bonds is 4. The summed E-state index contributed by atoms with van der Waals surface area (Å²) in [4.78, 5) is 29.1. The zero-order valence-electron chi connectivity index (χ0n) is 16.5. The van der Waals surface area contributed by atoms with E-state index in [-0.39, 0.29) is 11.5 Å². The summed E-state index contributed by atoms with van der Waals surface area (Å²) in [5.74, 6) is 1.20. The maximum atomic E-state index is 12.9. The van der Waals surface area contributed by atoms with E-state index >= 15 is 0 Å². The lowest BCUT2D eigenvalue weighted by atomic mass is 10.1. The predicted octanol–water partition coefficient (Wildman–Crippen LogP) is 2.86. The quantitative estimate of drug-likeness (QED) is 0.644. The molecule has 0 atom stereocenters. The minimum absolute atomic E-state index is 0.0519. The van der Waals surface area contributed by atoms with E-state index in [0.29, 0.717) is 54.0 Å². The van der Waals surface area contributed by atoms with E-state index in [0.717, 1.165) is 0 Å². The summed E-state index contributed by atoms with van der Waals surface area (Å²) in [6.45, 7) is 2.33. The molecule has 0 aliphatic carbocycles. The molecule has 1 aliphatic heterocycles. The van der Waals surface area contributed by atoms with Crippen molar-refractivity contribution < 1.29 is 9.53 Å². The number of ether oxygens (including phenoxy) is 1. The Kier molecular flexibility index (Phi) is 5.72. The summed E-state index contributed by atoms with van der Waals surface area (Å²) < 4.78 is 6.65. The molecule has 1 aromatic heterocycles. The smallest absolute Gasteiger partial charge is 0.271 e. The summed E-state index contributed by atoms with van der Waals surface area (Å²) in [5.41, 5.74) is 0.937. The molecular weight excluding hydrogens is 404 g/mol. The van der Waals surface area contributed by atoms with Crippen LogP contribution in [0.5, 0.6) is 5.75 Å². The topological polar surface area (TPSA) is 67.7 Å². The highest BCUT2D eigenvalue weighted by molar-refractivity contribution is 6.30. The van der Waals surface area contributed by atoms with Crippen LogP contribution in [-0.2, 0) is 0 Å². The van der Waals surface area contributed by atoms with Gasteiger partial charge in [0.1, 0.15) is 11.6 Å². The largest absolute Gasteiger partial charge is 0.496 e. The van der Waals surface area contributed by atoms with Crippen molar-refractivity contribution in [1.82, 2.24) is 14.7 Å². The van der Waals surface area contributed by atoms with Gasteiger partial charge < -0.3 is 14.5 Å². The average molecular weight is 425 g/mol. The Hall–Kier alpha value is -3.32. The first kappa shape index (κ1) is 20.0. The lowest BCUT2D eigenvalue weighted by Crippen LogP contribution is -2.49. The third kappa shape index (κ3) is 4.02. The van der Waals surface area contributed by atoms with Gasteiger partial charge in [-0.15, -0.1) is 5.10 Å². The van der Waals surface area contributed by atoms with E-state index in [9.17, 15) is 9.59 Å². The molecule has 30 heavy (non-hydrogen) atoms. The second-order valence-corrected chi connectivity index (χ2v) is 7.34. The number of hydrogen-bond acceptors (Lipinski definition) is 5. The van der Waals surface area contributed by atoms with Gasteiger partial charge in [-0.1, -0.05) is 29.8 Å². The Bertz CT molecular complexity index is 1120. The van der Waals surface area contributed by atoms with Gasteiger partial charge in [0.05, 0.1) is 18.4 Å². The first-order valence-electron chi connectivity index (χ1n) is 9.60. The number of amides is 1. The molecule has 1 fully saturated rings. The van der Waals surface area contributed by atoms with E-state index in [1.807, 2.05) is 12.1 Å². The van der Waals surface area contributed by atoms with Crippen molar-refractivity contribution in [3.8, 4) is 11.4 Å². The number of para-hydroxylation sites is 1. The predicted molar refractivity (Wildman–Crippen MR) is 116 cm³/mol. The van der Waals surface area contributed by atoms with E-state index < -0.39 is 0 Å². The van der Waals surface area contributed by atoms with Crippen LogP contribution < -0.4 is 15.2 Å². The molecule has 4 rings (SSSR count). The standard InChI is InChI=1S/C22H21ClN4O3/c1-30-19-8-3-2-7-18(19)22(29)26-13-11-25(12-14-26)20-9-10-21(28)27(24-20)17-6-4-5-16(23)15-17/h2-10,15H,11-14H2,1H3. The molecule has 0 radical (unpaired) electrons. The monoisotopic (exact) mass is 424 g/mol. The fourth-order valence-corrected chi connectivity index (χ4v) is 3.68. The second-order valence-electron chi connectivity index (χ2n) is 6.90. The van der Waals surface area contributed by atoms with Gasteiger partial charge in [-0.3, -0.25) is 9.59 Å². The van der Waals surface area contributed by atoms with Crippen LogP contribution >= 0.6 is 11.6 Å². The van der Waals surface area contributed by atoms with Gasteiger partial charge in [0.25, 0.3) is 11.5 Å². The summed E-state index contributed by atoms with van der Waals surface area (Å²) in [5, 5.41) is 5.05. The number of anilines is 1. The van der Waals surface area contributed by atoms with Gasteiger partial charge in [0.15, 0.2) is 0 Å². The van der Waals surface area contributed by atoms with Crippen LogP contribution in [0.1, 0.15) is 10.4 Å². The number of halogens is 1. The number of aromatic nitrogens is 2. The Morgan fingerprint density at radius 2 is 1.77 bits per heavy atom. The molecule has 1 aliphatic rings. The summed E-state index contributed by atoms with van der Waals surface area (Å²) in [6, 6.07) is 17.4. The minimum Gasteiger partial charge on any atom is -0.496 e. The number of nitrogens with zero attached hydrogens (tertiary/aromatic N) is 4. The number of piperazine rings is 1. The van der Waals surface area contributed by atoms with Crippen LogP contribution in [-0.4, -0.2) is 53.9 Å². The molecule has 2 heterocycles. The highest BCUT2D eigenvalue weighted by Crippen LogP contribution is 2.21. The molecule has 1 amide bonds. The van der Waals surface area contributed by atoms with Gasteiger partial charge in [-0.05, 0) is 36.4 Å². The molecule has 1 saturated heterocycles. The molecule has 154 valence electrons. The third-order valence-electron chi connectivity index (χ3n) is 5.07. The SMILES string of the molecule is COc1ccccc1C(=O)N1CCN(c2ccc(=O)n(-c3cccc(Cl)c3)n2)CC1. The van der Waals surface area contributed by atoms with Crippen molar-refractivity contribution in [3.63, 3.8) is 0 Å². The van der Waals surface area contributed by atoms with Crippen LogP contribution in [0.3, 0.4) is 0 Å². The van der Waals surface area contributed by atoms with Crippen LogP contribution in [0.4, 0.5) is 5.82 Å². The molecular formula is C22H21ClN4O3. The van der Waals surface area contributed by atoms with Gasteiger partial charge >= 0.3 is 0 Å². The first-order valence-corrected chi connectivity index (χ1v) is 9.98. The molecule has 0 spiro atoms. The molecule has 0 N–H and O–H groups in total. The van der Waals surface area contributed by atoms with Gasteiger partial charge in [-0.2, -0.15) is 4.68 Å². The second kappa shape index (κ2) is 8.59. The third-order valence-corrected chi connectivity index (χ3v) is 5.30. The van der Waals surface area contributed by atoms with E-state index in [4.69, 9.17) is 16.3 Å². The molecule has 0 unspecified atom stereocenters. The summed E-state index contributed by atoms with van der Waals surface area (Å²) in [6.07, 6.45) is 0. The number of benzene rings is 2. The Morgan fingerprint density at radius 3 is 2.50 bits per heavy atom. The van der Waals surface area contributed by atoms with Gasteiger partial charge in [0, 0.05) is 37.3 Å². The molecule has 3 aromatic rings. The van der Waals surface area contributed by atoms with Gasteiger partial charge in [0.2, 0.25) is 0 Å². The lowest BCUT2D eigenvalue weighted by molar-refractivity contribution is 0.0743. The Morgan fingerprint density at radius 1 is 1.00 bits per heavy atom.